The summed E-state index contributed by atoms with van der Waals surface area (Å²) in [6, 6.07) is 23.0. The first-order chi connectivity index (χ1) is 14.7. The molecular weight excluding hydrogens is 468 g/mol. The predicted octanol–water partition coefficient (Wildman–Crippen LogP) is 7.08. The van der Waals surface area contributed by atoms with Crippen LogP contribution < -0.4 is 0 Å². The van der Waals surface area contributed by atoms with Gasteiger partial charge in [0.2, 0.25) is 0 Å². The van der Waals surface area contributed by atoms with Crippen LogP contribution in [0.1, 0.15) is 48.0 Å². The molecule has 0 bridgehead atoms. The average molecular weight is 495 g/mol. The number of carbonyl (C=O) groups excluding carboxylic acids is 1. The van der Waals surface area contributed by atoms with E-state index in [1.165, 1.54) is 11.1 Å². The molecule has 1 amide bonds. The summed E-state index contributed by atoms with van der Waals surface area (Å²) < 4.78 is 4.34. The van der Waals surface area contributed by atoms with Gasteiger partial charge in [-0.2, -0.15) is 0 Å². The van der Waals surface area contributed by atoms with Crippen LogP contribution in [0.15, 0.2) is 70.5 Å². The Morgan fingerprint density at radius 3 is 2.32 bits per heavy atom. The van der Waals surface area contributed by atoms with Gasteiger partial charge in [-0.3, -0.25) is 4.79 Å². The van der Waals surface area contributed by atoms with E-state index < -0.39 is 0 Å². The van der Waals surface area contributed by atoms with Crippen LogP contribution in [0, 0.1) is 0 Å². The van der Waals surface area contributed by atoms with Crippen molar-refractivity contribution in [3.05, 3.63) is 92.9 Å². The van der Waals surface area contributed by atoms with Crippen LogP contribution in [-0.4, -0.2) is 22.4 Å². The van der Waals surface area contributed by atoms with Gasteiger partial charge in [0.1, 0.15) is 5.69 Å². The molecule has 31 heavy (non-hydrogen) atoms. The van der Waals surface area contributed by atoms with Gasteiger partial charge in [0.05, 0.1) is 14.0 Å². The van der Waals surface area contributed by atoms with Gasteiger partial charge in [-0.05, 0) is 50.2 Å². The molecule has 0 fully saturated rings. The van der Waals surface area contributed by atoms with E-state index in [-0.39, 0.29) is 11.3 Å². The number of rotatable bonds is 5. The maximum atomic E-state index is 13.4. The summed E-state index contributed by atoms with van der Waals surface area (Å²) in [7, 11) is 1.87. The van der Waals surface area contributed by atoms with Crippen LogP contribution in [-0.2, 0) is 18.5 Å². The molecule has 4 aromatic rings. The van der Waals surface area contributed by atoms with Crippen molar-refractivity contribution in [3.8, 4) is 0 Å². The summed E-state index contributed by atoms with van der Waals surface area (Å²) in [6.07, 6.45) is 0. The third-order valence-corrected chi connectivity index (χ3v) is 7.12. The van der Waals surface area contributed by atoms with Crippen molar-refractivity contribution in [1.29, 1.82) is 0 Å². The van der Waals surface area contributed by atoms with E-state index in [9.17, 15) is 4.79 Å². The Bertz CT molecular complexity index is 1200. The fraction of sp³-hybridized carbons (Fsp3) is 0.269. The number of amides is 1. The minimum Gasteiger partial charge on any atom is -0.336 e. The Hall–Kier alpha value is -2.37. The number of halogens is 1. The van der Waals surface area contributed by atoms with Gasteiger partial charge in [0.25, 0.3) is 5.91 Å². The van der Waals surface area contributed by atoms with Crippen molar-refractivity contribution < 1.29 is 4.79 Å². The number of aromatic nitrogens is 1. The second-order valence-corrected chi connectivity index (χ2v) is 11.5. The zero-order valence-corrected chi connectivity index (χ0v) is 20.8. The Labute approximate surface area is 196 Å². The van der Waals surface area contributed by atoms with Crippen molar-refractivity contribution >= 4 is 43.4 Å². The Kier molecular flexibility index (Phi) is 6.09. The second kappa shape index (κ2) is 8.64. The molecular formula is C26H27BrN2OS. The average Bonchev–Trinajstić information content (AvgIpc) is 3.25. The lowest BCUT2D eigenvalue weighted by atomic mass is 9.87. The summed E-state index contributed by atoms with van der Waals surface area (Å²) >= 11 is 5.26. The van der Waals surface area contributed by atoms with Crippen LogP contribution in [0.5, 0.6) is 0 Å². The first-order valence-electron chi connectivity index (χ1n) is 10.4. The topological polar surface area (TPSA) is 25.2 Å². The highest BCUT2D eigenvalue weighted by Crippen LogP contribution is 2.33. The molecule has 0 unspecified atom stereocenters. The van der Waals surface area contributed by atoms with Crippen LogP contribution in [0.3, 0.4) is 0 Å². The number of hydrogen-bond acceptors (Lipinski definition) is 2. The molecule has 0 aliphatic carbocycles. The van der Waals surface area contributed by atoms with E-state index in [4.69, 9.17) is 0 Å². The van der Waals surface area contributed by atoms with Crippen LogP contribution in [0.4, 0.5) is 0 Å². The van der Waals surface area contributed by atoms with Gasteiger partial charge in [0.15, 0.2) is 0 Å². The first-order valence-corrected chi connectivity index (χ1v) is 12.0. The predicted molar refractivity (Wildman–Crippen MR) is 134 cm³/mol. The standard InChI is InChI=1S/C26H27BrN2OS/c1-26(2,3)20-12-10-19(11-13-20)17-29-21-15-24(27)31-23(21)14-22(29)25(30)28(4)16-18-8-6-5-7-9-18/h5-15H,16-17H2,1-4H3. The van der Waals surface area contributed by atoms with Crippen molar-refractivity contribution in [1.82, 2.24) is 9.47 Å². The molecule has 0 atom stereocenters. The lowest BCUT2D eigenvalue weighted by Gasteiger charge is -2.20. The number of carbonyl (C=O) groups is 1. The third-order valence-electron chi connectivity index (χ3n) is 5.55. The molecule has 2 heterocycles. The quantitative estimate of drug-likeness (QED) is 0.290. The third kappa shape index (κ3) is 4.78. The zero-order chi connectivity index (χ0) is 22.2. The van der Waals surface area contributed by atoms with E-state index in [0.717, 1.165) is 25.3 Å². The van der Waals surface area contributed by atoms with E-state index in [0.29, 0.717) is 13.1 Å². The van der Waals surface area contributed by atoms with E-state index in [1.54, 1.807) is 16.2 Å². The molecule has 4 rings (SSSR count). The SMILES string of the molecule is CN(Cc1ccccc1)C(=O)c1cc2sc(Br)cc2n1Cc1ccc(C(C)(C)C)cc1. The molecule has 5 heteroatoms. The summed E-state index contributed by atoms with van der Waals surface area (Å²) in [4.78, 5) is 15.2. The molecule has 3 nitrogen and oxygen atoms in total. The van der Waals surface area contributed by atoms with Gasteiger partial charge in [0, 0.05) is 20.1 Å². The number of nitrogens with zero attached hydrogens (tertiary/aromatic N) is 2. The van der Waals surface area contributed by atoms with Gasteiger partial charge in [-0.25, -0.2) is 0 Å². The van der Waals surface area contributed by atoms with Crippen molar-refractivity contribution in [2.75, 3.05) is 7.05 Å². The fourth-order valence-corrected chi connectivity index (χ4v) is 5.34. The van der Waals surface area contributed by atoms with Gasteiger partial charge in [-0.15, -0.1) is 11.3 Å². The molecule has 2 aromatic carbocycles. The molecule has 0 radical (unpaired) electrons. The lowest BCUT2D eigenvalue weighted by molar-refractivity contribution is 0.0775. The number of fused-ring (bicyclic) bond motifs is 1. The minimum absolute atomic E-state index is 0.0367. The zero-order valence-electron chi connectivity index (χ0n) is 18.4. The lowest BCUT2D eigenvalue weighted by Crippen LogP contribution is -2.28. The molecule has 0 aliphatic heterocycles. The maximum absolute atomic E-state index is 13.4. The van der Waals surface area contributed by atoms with E-state index >= 15 is 0 Å². The van der Waals surface area contributed by atoms with Gasteiger partial charge >= 0.3 is 0 Å². The normalized spacial score (nSPS) is 11.8. The summed E-state index contributed by atoms with van der Waals surface area (Å²) in [5.74, 6) is 0.0367. The monoisotopic (exact) mass is 494 g/mol. The number of benzene rings is 2. The highest BCUT2D eigenvalue weighted by molar-refractivity contribution is 9.11. The van der Waals surface area contributed by atoms with Crippen LogP contribution in [0.25, 0.3) is 10.2 Å². The Balaban J connectivity index is 1.66. The summed E-state index contributed by atoms with van der Waals surface area (Å²) in [5.41, 5.74) is 5.57. The largest absolute Gasteiger partial charge is 0.336 e. The fourth-order valence-electron chi connectivity index (χ4n) is 3.78. The van der Waals surface area contributed by atoms with Crippen LogP contribution in [0.2, 0.25) is 0 Å². The molecule has 0 aliphatic rings. The number of hydrogen-bond donors (Lipinski definition) is 0. The highest BCUT2D eigenvalue weighted by atomic mass is 79.9. The van der Waals surface area contributed by atoms with Crippen molar-refractivity contribution in [2.45, 2.75) is 39.3 Å². The van der Waals surface area contributed by atoms with E-state index in [2.05, 4.69) is 83.7 Å². The molecule has 0 saturated carbocycles. The Morgan fingerprint density at radius 2 is 1.68 bits per heavy atom. The molecule has 160 valence electrons. The van der Waals surface area contributed by atoms with Crippen molar-refractivity contribution in [3.63, 3.8) is 0 Å². The van der Waals surface area contributed by atoms with Crippen LogP contribution >= 0.6 is 27.3 Å². The Morgan fingerprint density at radius 1 is 1.00 bits per heavy atom. The van der Waals surface area contributed by atoms with E-state index in [1.807, 2.05) is 31.3 Å². The highest BCUT2D eigenvalue weighted by Gasteiger charge is 2.21. The molecule has 0 spiro atoms. The smallest absolute Gasteiger partial charge is 0.270 e. The minimum atomic E-state index is 0.0367. The maximum Gasteiger partial charge on any atom is 0.270 e. The summed E-state index contributed by atoms with van der Waals surface area (Å²) in [5, 5.41) is 0. The number of thiophene rings is 1. The first kappa shape index (κ1) is 21.8. The summed E-state index contributed by atoms with van der Waals surface area (Å²) in [6.45, 7) is 7.92. The molecule has 0 N–H and O–H groups in total. The molecule has 2 aromatic heterocycles. The second-order valence-electron chi connectivity index (χ2n) is 9.01. The van der Waals surface area contributed by atoms with Gasteiger partial charge in [-0.1, -0.05) is 75.4 Å². The van der Waals surface area contributed by atoms with Gasteiger partial charge < -0.3 is 9.47 Å². The molecule has 0 saturated heterocycles. The van der Waals surface area contributed by atoms with Crippen molar-refractivity contribution in [2.24, 2.45) is 0 Å².